The highest BCUT2D eigenvalue weighted by molar-refractivity contribution is 6.63. The van der Waals surface area contributed by atoms with Crippen molar-refractivity contribution in [1.82, 2.24) is 0 Å². The average molecular weight is 175 g/mol. The Morgan fingerprint density at radius 1 is 1.55 bits per heavy atom. The molecule has 0 saturated heterocycles. The zero-order chi connectivity index (χ0) is 8.27. The summed E-state index contributed by atoms with van der Waals surface area (Å²) in [6.07, 6.45) is 3.75. The van der Waals surface area contributed by atoms with E-state index in [1.807, 2.05) is 0 Å². The molecule has 0 aromatic rings. The van der Waals surface area contributed by atoms with Gasteiger partial charge < -0.3 is 0 Å². The fourth-order valence-electron chi connectivity index (χ4n) is 1.46. The fraction of sp³-hybridized carbons (Fsp3) is 0.750. The van der Waals surface area contributed by atoms with Crippen LogP contribution in [0.15, 0.2) is 0 Å². The number of rotatable bonds is 2. The predicted molar refractivity (Wildman–Crippen MR) is 42.4 cm³/mol. The Kier molecular flexibility index (Phi) is 3.06. The maximum absolute atomic E-state index is 11.1. The van der Waals surface area contributed by atoms with Gasteiger partial charge in [0.05, 0.1) is 0 Å². The molecule has 62 valence electrons. The maximum atomic E-state index is 11.1. The van der Waals surface area contributed by atoms with Gasteiger partial charge in [-0.1, -0.05) is 6.42 Å². The van der Waals surface area contributed by atoms with Crippen LogP contribution in [0.2, 0.25) is 0 Å². The second-order valence-electron chi connectivity index (χ2n) is 2.97. The van der Waals surface area contributed by atoms with E-state index in [2.05, 4.69) is 0 Å². The van der Waals surface area contributed by atoms with Crippen molar-refractivity contribution >= 4 is 22.6 Å². The normalized spacial score (nSPS) is 25.2. The molecule has 0 amide bonds. The molecule has 0 aliphatic heterocycles. The van der Waals surface area contributed by atoms with Crippen LogP contribution < -0.4 is 0 Å². The van der Waals surface area contributed by atoms with Crippen LogP contribution in [0.3, 0.4) is 0 Å². The van der Waals surface area contributed by atoms with Crippen LogP contribution in [0.5, 0.6) is 0 Å². The van der Waals surface area contributed by atoms with Crippen molar-refractivity contribution in [3.05, 3.63) is 0 Å². The molecule has 1 aliphatic rings. The zero-order valence-corrected chi connectivity index (χ0v) is 7.06. The molecule has 0 radical (unpaired) electrons. The Hall–Kier alpha value is -0.370. The van der Waals surface area contributed by atoms with Crippen LogP contribution in [0.4, 0.5) is 0 Å². The summed E-state index contributed by atoms with van der Waals surface area (Å²) in [5.74, 6) is 0.138. The molecular formula is C8H11ClO2. The molecular weight excluding hydrogens is 164 g/mol. The second kappa shape index (κ2) is 3.86. The topological polar surface area (TPSA) is 34.1 Å². The zero-order valence-electron chi connectivity index (χ0n) is 6.31. The van der Waals surface area contributed by atoms with E-state index in [4.69, 9.17) is 11.6 Å². The Morgan fingerprint density at radius 3 is 2.82 bits per heavy atom. The summed E-state index contributed by atoms with van der Waals surface area (Å²) in [4.78, 5) is 21.6. The van der Waals surface area contributed by atoms with E-state index in [1.54, 1.807) is 0 Å². The maximum Gasteiger partial charge on any atom is 0.222 e. The number of hydrogen-bond acceptors (Lipinski definition) is 2. The third kappa shape index (κ3) is 2.62. The van der Waals surface area contributed by atoms with Crippen LogP contribution in [-0.4, -0.2) is 11.0 Å². The van der Waals surface area contributed by atoms with Crippen molar-refractivity contribution < 1.29 is 9.59 Å². The van der Waals surface area contributed by atoms with E-state index < -0.39 is 0 Å². The summed E-state index contributed by atoms with van der Waals surface area (Å²) >= 11 is 5.19. The Morgan fingerprint density at radius 2 is 2.27 bits per heavy atom. The molecule has 11 heavy (non-hydrogen) atoms. The Labute approximate surface area is 70.9 Å². The lowest BCUT2D eigenvalue weighted by molar-refractivity contribution is -0.127. The van der Waals surface area contributed by atoms with Crippen molar-refractivity contribution in [2.24, 2.45) is 5.92 Å². The molecule has 1 unspecified atom stereocenters. The molecule has 0 heterocycles. The molecule has 1 aliphatic carbocycles. The first-order chi connectivity index (χ1) is 5.20. The largest absolute Gasteiger partial charge is 0.299 e. The minimum atomic E-state index is -0.384. The van der Waals surface area contributed by atoms with Crippen molar-refractivity contribution in [3.63, 3.8) is 0 Å². The van der Waals surface area contributed by atoms with Gasteiger partial charge >= 0.3 is 0 Å². The molecule has 0 aromatic carbocycles. The third-order valence-electron chi connectivity index (χ3n) is 2.09. The van der Waals surface area contributed by atoms with E-state index in [-0.39, 0.29) is 23.4 Å². The average Bonchev–Trinajstić information content (AvgIpc) is 1.93. The van der Waals surface area contributed by atoms with Crippen LogP contribution in [-0.2, 0) is 9.59 Å². The molecule has 1 atom stereocenters. The molecule has 2 nitrogen and oxygen atoms in total. The van der Waals surface area contributed by atoms with Crippen LogP contribution in [0.25, 0.3) is 0 Å². The second-order valence-corrected chi connectivity index (χ2v) is 3.39. The van der Waals surface area contributed by atoms with Gasteiger partial charge in [0.1, 0.15) is 5.78 Å². The summed E-state index contributed by atoms with van der Waals surface area (Å²) in [6.45, 7) is 0. The molecule has 0 aromatic heterocycles. The SMILES string of the molecule is O=C(Cl)CC1CCCCC1=O. The molecule has 0 bridgehead atoms. The minimum Gasteiger partial charge on any atom is -0.299 e. The van der Waals surface area contributed by atoms with E-state index in [1.165, 1.54) is 0 Å². The quantitative estimate of drug-likeness (QED) is 0.600. The molecule has 1 fully saturated rings. The minimum absolute atomic E-state index is 0.0752. The van der Waals surface area contributed by atoms with Crippen LogP contribution >= 0.6 is 11.6 Å². The Balaban J connectivity index is 2.42. The van der Waals surface area contributed by atoms with Gasteiger partial charge in [0, 0.05) is 18.8 Å². The summed E-state index contributed by atoms with van der Waals surface area (Å²) in [5, 5.41) is -0.384. The summed E-state index contributed by atoms with van der Waals surface area (Å²) < 4.78 is 0. The van der Waals surface area contributed by atoms with Crippen molar-refractivity contribution in [1.29, 1.82) is 0 Å². The first-order valence-corrected chi connectivity index (χ1v) is 4.29. The lowest BCUT2D eigenvalue weighted by Gasteiger charge is -2.18. The number of Topliss-reactive ketones (excluding diaryl/α,β-unsaturated/α-hetero) is 1. The first-order valence-electron chi connectivity index (χ1n) is 3.91. The fourth-order valence-corrected chi connectivity index (χ4v) is 1.65. The highest BCUT2D eigenvalue weighted by Gasteiger charge is 2.23. The van der Waals surface area contributed by atoms with Gasteiger partial charge in [0.15, 0.2) is 0 Å². The highest BCUT2D eigenvalue weighted by Crippen LogP contribution is 2.23. The number of carbonyl (C=O) groups excluding carboxylic acids is 2. The molecule has 1 saturated carbocycles. The number of hydrogen-bond donors (Lipinski definition) is 0. The highest BCUT2D eigenvalue weighted by atomic mass is 35.5. The molecule has 0 N–H and O–H groups in total. The molecule has 1 rings (SSSR count). The van der Waals surface area contributed by atoms with E-state index in [0.717, 1.165) is 19.3 Å². The van der Waals surface area contributed by atoms with Gasteiger partial charge in [0.25, 0.3) is 0 Å². The molecule has 3 heteroatoms. The van der Waals surface area contributed by atoms with Gasteiger partial charge in [-0.3, -0.25) is 9.59 Å². The van der Waals surface area contributed by atoms with Crippen molar-refractivity contribution in [2.75, 3.05) is 0 Å². The van der Waals surface area contributed by atoms with Gasteiger partial charge in [-0.15, -0.1) is 0 Å². The summed E-state index contributed by atoms with van der Waals surface area (Å²) in [6, 6.07) is 0. The van der Waals surface area contributed by atoms with Gasteiger partial charge in [-0.05, 0) is 24.4 Å². The first kappa shape index (κ1) is 8.72. The lowest BCUT2D eigenvalue weighted by Crippen LogP contribution is -2.20. The van der Waals surface area contributed by atoms with Crippen molar-refractivity contribution in [3.8, 4) is 0 Å². The monoisotopic (exact) mass is 174 g/mol. The number of carbonyl (C=O) groups is 2. The standard InChI is InChI=1S/C8H11ClO2/c9-8(11)5-6-3-1-2-4-7(6)10/h6H,1-5H2. The van der Waals surface area contributed by atoms with Gasteiger partial charge in [-0.2, -0.15) is 0 Å². The van der Waals surface area contributed by atoms with Crippen LogP contribution in [0, 0.1) is 5.92 Å². The van der Waals surface area contributed by atoms with Gasteiger partial charge in [-0.25, -0.2) is 0 Å². The lowest BCUT2D eigenvalue weighted by atomic mass is 9.86. The van der Waals surface area contributed by atoms with Crippen molar-refractivity contribution in [2.45, 2.75) is 32.1 Å². The van der Waals surface area contributed by atoms with Gasteiger partial charge in [0.2, 0.25) is 5.24 Å². The summed E-state index contributed by atoms with van der Waals surface area (Å²) in [5.41, 5.74) is 0. The van der Waals surface area contributed by atoms with E-state index in [9.17, 15) is 9.59 Å². The summed E-state index contributed by atoms with van der Waals surface area (Å²) in [7, 11) is 0. The van der Waals surface area contributed by atoms with E-state index >= 15 is 0 Å². The number of ketones is 1. The van der Waals surface area contributed by atoms with E-state index in [0.29, 0.717) is 6.42 Å². The third-order valence-corrected chi connectivity index (χ3v) is 2.24. The predicted octanol–water partition coefficient (Wildman–Crippen LogP) is 1.90. The number of halogens is 1. The van der Waals surface area contributed by atoms with Crippen LogP contribution in [0.1, 0.15) is 32.1 Å². The Bertz CT molecular complexity index is 177. The molecule has 0 spiro atoms. The smallest absolute Gasteiger partial charge is 0.222 e.